The van der Waals surface area contributed by atoms with Gasteiger partial charge in [-0.25, -0.2) is 4.63 Å². The molecule has 0 amide bonds. The van der Waals surface area contributed by atoms with Gasteiger partial charge in [0.1, 0.15) is 5.69 Å². The highest BCUT2D eigenvalue weighted by Gasteiger charge is 2.29. The van der Waals surface area contributed by atoms with Gasteiger partial charge in [-0.3, -0.25) is 30.3 Å². The summed E-state index contributed by atoms with van der Waals surface area (Å²) in [6.07, 6.45) is 0. The Morgan fingerprint density at radius 3 is 1.81 bits per heavy atom. The molecule has 13 heteroatoms. The van der Waals surface area contributed by atoms with E-state index in [0.717, 1.165) is 17.2 Å². The predicted molar refractivity (Wildman–Crippen MR) is 107 cm³/mol. The lowest BCUT2D eigenvalue weighted by molar-refractivity contribution is -0.392. The zero-order valence-electron chi connectivity index (χ0n) is 15.3. The van der Waals surface area contributed by atoms with Gasteiger partial charge in [0, 0.05) is 17.8 Å². The second kappa shape index (κ2) is 7.47. The molecule has 1 N–H and O–H groups in total. The van der Waals surface area contributed by atoms with Crippen LogP contribution in [0.3, 0.4) is 0 Å². The van der Waals surface area contributed by atoms with E-state index in [1.165, 1.54) is 12.1 Å². The first-order valence-electron chi connectivity index (χ1n) is 8.55. The number of nitrogens with one attached hydrogen (secondary N) is 1. The lowest BCUT2D eigenvalue weighted by Crippen LogP contribution is -2.01. The van der Waals surface area contributed by atoms with Gasteiger partial charge in [-0.15, -0.1) is 0 Å². The molecular weight excluding hydrogens is 412 g/mol. The highest BCUT2D eigenvalue weighted by molar-refractivity contribution is 6.00. The Kier molecular flexibility index (Phi) is 4.67. The van der Waals surface area contributed by atoms with Crippen LogP contribution >= 0.6 is 0 Å². The van der Waals surface area contributed by atoms with Crippen molar-refractivity contribution in [3.05, 3.63) is 84.9 Å². The Hall–Kier alpha value is -4.94. The van der Waals surface area contributed by atoms with Gasteiger partial charge in [0.05, 0.1) is 20.8 Å². The number of nitro benzene ring substituents is 3. The van der Waals surface area contributed by atoms with E-state index >= 15 is 0 Å². The second-order valence-corrected chi connectivity index (χ2v) is 6.27. The molecule has 154 valence electrons. The third-order valence-electron chi connectivity index (χ3n) is 4.46. The van der Waals surface area contributed by atoms with Crippen LogP contribution in [-0.2, 0) is 0 Å². The van der Waals surface area contributed by atoms with Crippen LogP contribution in [0.5, 0.6) is 0 Å². The molecule has 0 atom stereocenters. The van der Waals surface area contributed by atoms with Gasteiger partial charge >= 0.3 is 11.4 Å². The van der Waals surface area contributed by atoms with Crippen LogP contribution in [0, 0.1) is 30.3 Å². The van der Waals surface area contributed by atoms with E-state index in [2.05, 4.69) is 20.3 Å². The average Bonchev–Trinajstić information content (AvgIpc) is 3.24. The van der Waals surface area contributed by atoms with Crippen LogP contribution in [0.1, 0.15) is 0 Å². The summed E-state index contributed by atoms with van der Waals surface area (Å²) in [5.74, 6) is 0. The van der Waals surface area contributed by atoms with Crippen LogP contribution in [0.2, 0.25) is 0 Å². The van der Waals surface area contributed by atoms with Gasteiger partial charge in [-0.1, -0.05) is 12.1 Å². The molecular formula is C18H10N6O7. The largest absolute Gasteiger partial charge is 0.348 e. The lowest BCUT2D eigenvalue weighted by atomic mass is 10.0. The van der Waals surface area contributed by atoms with E-state index in [0.29, 0.717) is 5.69 Å². The number of rotatable bonds is 6. The van der Waals surface area contributed by atoms with E-state index < -0.39 is 26.1 Å². The Balaban J connectivity index is 1.70. The van der Waals surface area contributed by atoms with E-state index in [1.54, 1.807) is 36.4 Å². The van der Waals surface area contributed by atoms with Crippen molar-refractivity contribution < 1.29 is 19.4 Å². The molecule has 13 nitrogen and oxygen atoms in total. The van der Waals surface area contributed by atoms with Crippen molar-refractivity contribution in [2.45, 2.75) is 0 Å². The highest BCUT2D eigenvalue weighted by atomic mass is 16.6. The first kappa shape index (κ1) is 19.4. The fourth-order valence-corrected chi connectivity index (χ4v) is 2.98. The van der Waals surface area contributed by atoms with Crippen LogP contribution in [0.25, 0.3) is 22.2 Å². The number of nitrogens with zero attached hydrogens (tertiary/aromatic N) is 5. The minimum Gasteiger partial charge on any atom is -0.348 e. The van der Waals surface area contributed by atoms with E-state index in [9.17, 15) is 30.3 Å². The summed E-state index contributed by atoms with van der Waals surface area (Å²) in [7, 11) is 0. The minimum absolute atomic E-state index is 0.0299. The van der Waals surface area contributed by atoms with Crippen molar-refractivity contribution in [1.29, 1.82) is 0 Å². The molecule has 0 bridgehead atoms. The Morgan fingerprint density at radius 1 is 0.710 bits per heavy atom. The zero-order chi connectivity index (χ0) is 22.1. The summed E-state index contributed by atoms with van der Waals surface area (Å²) in [6.45, 7) is 0. The van der Waals surface area contributed by atoms with Gasteiger partial charge in [0.15, 0.2) is 5.52 Å². The third kappa shape index (κ3) is 3.57. The van der Waals surface area contributed by atoms with Gasteiger partial charge < -0.3 is 5.32 Å². The van der Waals surface area contributed by atoms with Crippen LogP contribution in [0.4, 0.5) is 28.4 Å². The first-order chi connectivity index (χ1) is 14.8. The Morgan fingerprint density at radius 2 is 1.26 bits per heavy atom. The van der Waals surface area contributed by atoms with Crippen LogP contribution in [-0.4, -0.2) is 25.1 Å². The number of benzene rings is 3. The van der Waals surface area contributed by atoms with Crippen molar-refractivity contribution in [3.63, 3.8) is 0 Å². The number of hydrogen-bond donors (Lipinski definition) is 1. The van der Waals surface area contributed by atoms with Gasteiger partial charge in [0.2, 0.25) is 5.52 Å². The second-order valence-electron chi connectivity index (χ2n) is 6.27. The number of fused-ring (bicyclic) bond motifs is 1. The smallest absolute Gasteiger partial charge is 0.307 e. The van der Waals surface area contributed by atoms with E-state index in [1.807, 2.05) is 0 Å². The standard InChI is InChI=1S/C18H10N6O7/c25-22(26)13-7-3-11(4-8-13)10-1-5-12(6-2-10)19-16-14(23(27)28)9-15(24(29)30)17-18(16)21-31-20-17/h1-9,19H. The summed E-state index contributed by atoms with van der Waals surface area (Å²) in [4.78, 5) is 31.4. The Bertz CT molecular complexity index is 1330. The van der Waals surface area contributed by atoms with Crippen molar-refractivity contribution in [1.82, 2.24) is 10.3 Å². The van der Waals surface area contributed by atoms with E-state index in [-0.39, 0.29) is 22.4 Å². The summed E-state index contributed by atoms with van der Waals surface area (Å²) in [6, 6.07) is 13.4. The number of anilines is 2. The maximum atomic E-state index is 11.5. The molecule has 0 aliphatic carbocycles. The van der Waals surface area contributed by atoms with E-state index in [4.69, 9.17) is 0 Å². The van der Waals surface area contributed by atoms with Crippen molar-refractivity contribution in [2.24, 2.45) is 0 Å². The predicted octanol–water partition coefficient (Wildman–Crippen LogP) is 4.36. The molecule has 4 rings (SSSR count). The van der Waals surface area contributed by atoms with Crippen LogP contribution in [0.15, 0.2) is 59.2 Å². The maximum Gasteiger partial charge on any atom is 0.307 e. The summed E-state index contributed by atoms with van der Waals surface area (Å²) in [5, 5.41) is 43.3. The molecule has 1 aromatic heterocycles. The topological polar surface area (TPSA) is 180 Å². The molecule has 0 unspecified atom stereocenters. The number of hydrogen-bond acceptors (Lipinski definition) is 10. The molecule has 0 radical (unpaired) electrons. The summed E-state index contributed by atoms with van der Waals surface area (Å²) in [5.41, 5.74) is 0.269. The molecule has 0 saturated carbocycles. The van der Waals surface area contributed by atoms with Gasteiger partial charge in [-0.2, -0.15) is 0 Å². The maximum absolute atomic E-state index is 11.5. The molecule has 0 fully saturated rings. The molecule has 0 saturated heterocycles. The van der Waals surface area contributed by atoms with Gasteiger partial charge in [-0.05, 0) is 45.7 Å². The number of aromatic nitrogens is 2. The molecule has 4 aromatic rings. The zero-order valence-corrected chi connectivity index (χ0v) is 15.3. The minimum atomic E-state index is -0.803. The quantitative estimate of drug-likeness (QED) is 0.346. The number of nitro groups is 3. The lowest BCUT2D eigenvalue weighted by Gasteiger charge is -2.09. The SMILES string of the molecule is O=[N+]([O-])c1ccc(-c2ccc(Nc3c([N+](=O)[O-])cc([N+](=O)[O-])c4nonc34)cc2)cc1. The van der Waals surface area contributed by atoms with Gasteiger partial charge in [0.25, 0.3) is 5.69 Å². The fourth-order valence-electron chi connectivity index (χ4n) is 2.98. The normalized spacial score (nSPS) is 10.7. The molecule has 31 heavy (non-hydrogen) atoms. The van der Waals surface area contributed by atoms with Crippen molar-refractivity contribution >= 4 is 39.5 Å². The third-order valence-corrected chi connectivity index (χ3v) is 4.46. The highest BCUT2D eigenvalue weighted by Crippen LogP contribution is 2.39. The average molecular weight is 422 g/mol. The molecule has 3 aromatic carbocycles. The summed E-state index contributed by atoms with van der Waals surface area (Å²) < 4.78 is 4.56. The molecule has 0 aliphatic heterocycles. The monoisotopic (exact) mass is 422 g/mol. The first-order valence-corrected chi connectivity index (χ1v) is 8.55. The molecule has 1 heterocycles. The number of non-ortho nitro benzene ring substituents is 2. The molecule has 0 spiro atoms. The van der Waals surface area contributed by atoms with Crippen LogP contribution < -0.4 is 5.32 Å². The Labute approximate surface area is 171 Å². The van der Waals surface area contributed by atoms with Crippen molar-refractivity contribution in [2.75, 3.05) is 5.32 Å². The fraction of sp³-hybridized carbons (Fsp3) is 0. The van der Waals surface area contributed by atoms with Crippen molar-refractivity contribution in [3.8, 4) is 11.1 Å². The molecule has 0 aliphatic rings. The summed E-state index contributed by atoms with van der Waals surface area (Å²) >= 11 is 0.